The minimum atomic E-state index is 0.447. The zero-order valence-electron chi connectivity index (χ0n) is 9.41. The monoisotopic (exact) mass is 214 g/mol. The highest BCUT2D eigenvalue weighted by Crippen LogP contribution is 2.32. The van der Waals surface area contributed by atoms with Crippen LogP contribution in [0.2, 0.25) is 0 Å². The van der Waals surface area contributed by atoms with Crippen molar-refractivity contribution in [1.82, 2.24) is 9.97 Å². The summed E-state index contributed by atoms with van der Waals surface area (Å²) in [6.07, 6.45) is 2.81. The Kier molecular flexibility index (Phi) is 1.80. The SMILES string of the molecule is Cc1cc2c3c(ncc2c(N)n1)N[C@H](C)C3. The van der Waals surface area contributed by atoms with E-state index in [1.807, 2.05) is 6.92 Å². The first-order valence-corrected chi connectivity index (χ1v) is 5.46. The maximum Gasteiger partial charge on any atom is 0.133 e. The third-order valence-electron chi connectivity index (χ3n) is 3.04. The molecule has 0 saturated carbocycles. The summed E-state index contributed by atoms with van der Waals surface area (Å²) >= 11 is 0. The predicted octanol–water partition coefficient (Wildman–Crippen LogP) is 1.88. The number of aryl methyl sites for hydroxylation is 1. The maximum absolute atomic E-state index is 5.91. The van der Waals surface area contributed by atoms with Crippen LogP contribution in [0.4, 0.5) is 11.6 Å². The standard InChI is InChI=1S/C12H14N4/c1-6-3-8-9-4-7(2)16-12(9)14-5-10(8)11(13)15-6/h3,5,7H,4H2,1-2H3,(H2,13,15)(H,14,16)/t7-/m1/s1. The smallest absolute Gasteiger partial charge is 0.133 e. The zero-order chi connectivity index (χ0) is 11.3. The quantitative estimate of drug-likeness (QED) is 0.702. The third-order valence-corrected chi connectivity index (χ3v) is 3.04. The fourth-order valence-electron chi connectivity index (χ4n) is 2.35. The summed E-state index contributed by atoms with van der Waals surface area (Å²) in [6, 6.07) is 2.54. The molecule has 1 atom stereocenters. The first-order chi connectivity index (χ1) is 7.65. The minimum Gasteiger partial charge on any atom is -0.383 e. The number of nitrogens with one attached hydrogen (secondary N) is 1. The number of hydrogen-bond donors (Lipinski definition) is 2. The minimum absolute atomic E-state index is 0.447. The first-order valence-electron chi connectivity index (χ1n) is 5.46. The molecule has 82 valence electrons. The largest absolute Gasteiger partial charge is 0.383 e. The molecule has 0 aromatic carbocycles. The lowest BCUT2D eigenvalue weighted by molar-refractivity contribution is 0.841. The number of aromatic nitrogens is 2. The summed E-state index contributed by atoms with van der Waals surface area (Å²) in [6.45, 7) is 4.12. The average molecular weight is 214 g/mol. The molecule has 0 bridgehead atoms. The molecule has 1 aliphatic rings. The lowest BCUT2D eigenvalue weighted by Crippen LogP contribution is -2.08. The van der Waals surface area contributed by atoms with Gasteiger partial charge in [0.1, 0.15) is 11.6 Å². The van der Waals surface area contributed by atoms with Crippen LogP contribution in [0.25, 0.3) is 10.8 Å². The molecular weight excluding hydrogens is 200 g/mol. The topological polar surface area (TPSA) is 63.8 Å². The van der Waals surface area contributed by atoms with Crippen molar-refractivity contribution in [2.75, 3.05) is 11.1 Å². The molecule has 4 heteroatoms. The lowest BCUT2D eigenvalue weighted by Gasteiger charge is -2.06. The van der Waals surface area contributed by atoms with E-state index in [-0.39, 0.29) is 0 Å². The molecule has 0 fully saturated rings. The Hall–Kier alpha value is -1.84. The summed E-state index contributed by atoms with van der Waals surface area (Å²) in [5, 5.41) is 5.50. The predicted molar refractivity (Wildman–Crippen MR) is 65.5 cm³/mol. The summed E-state index contributed by atoms with van der Waals surface area (Å²) in [5.74, 6) is 1.56. The van der Waals surface area contributed by atoms with Gasteiger partial charge in [0.25, 0.3) is 0 Å². The van der Waals surface area contributed by atoms with Crippen molar-refractivity contribution in [1.29, 1.82) is 0 Å². The molecule has 16 heavy (non-hydrogen) atoms. The highest BCUT2D eigenvalue weighted by Gasteiger charge is 2.21. The Labute approximate surface area is 93.9 Å². The second kappa shape index (κ2) is 3.07. The Morgan fingerprint density at radius 1 is 1.44 bits per heavy atom. The molecule has 0 radical (unpaired) electrons. The lowest BCUT2D eigenvalue weighted by atomic mass is 10.0. The summed E-state index contributed by atoms with van der Waals surface area (Å²) < 4.78 is 0. The molecule has 2 aromatic heterocycles. The maximum atomic E-state index is 5.91. The van der Waals surface area contributed by atoms with Gasteiger partial charge in [-0.3, -0.25) is 0 Å². The summed E-state index contributed by atoms with van der Waals surface area (Å²) in [7, 11) is 0. The molecule has 4 nitrogen and oxygen atoms in total. The normalized spacial score (nSPS) is 18.5. The van der Waals surface area contributed by atoms with E-state index >= 15 is 0 Å². The number of anilines is 2. The van der Waals surface area contributed by atoms with E-state index in [0.717, 1.165) is 23.3 Å². The van der Waals surface area contributed by atoms with Gasteiger partial charge in [-0.05, 0) is 31.7 Å². The molecule has 0 spiro atoms. The van der Waals surface area contributed by atoms with Gasteiger partial charge in [0.15, 0.2) is 0 Å². The van der Waals surface area contributed by atoms with E-state index in [4.69, 9.17) is 5.73 Å². The fraction of sp³-hybridized carbons (Fsp3) is 0.333. The van der Waals surface area contributed by atoms with Crippen molar-refractivity contribution in [3.8, 4) is 0 Å². The van der Waals surface area contributed by atoms with Crippen molar-refractivity contribution >= 4 is 22.4 Å². The number of nitrogens with zero attached hydrogens (tertiary/aromatic N) is 2. The Morgan fingerprint density at radius 2 is 2.25 bits per heavy atom. The highest BCUT2D eigenvalue weighted by atomic mass is 15.0. The van der Waals surface area contributed by atoms with Crippen molar-refractivity contribution < 1.29 is 0 Å². The number of fused-ring (bicyclic) bond motifs is 3. The number of nitrogens with two attached hydrogens (primary N) is 1. The van der Waals surface area contributed by atoms with Crippen LogP contribution in [0.5, 0.6) is 0 Å². The van der Waals surface area contributed by atoms with E-state index in [0.29, 0.717) is 11.9 Å². The van der Waals surface area contributed by atoms with Crippen molar-refractivity contribution in [2.24, 2.45) is 0 Å². The van der Waals surface area contributed by atoms with Gasteiger partial charge in [0, 0.05) is 28.9 Å². The molecule has 3 N–H and O–H groups in total. The van der Waals surface area contributed by atoms with Crippen LogP contribution in [0.15, 0.2) is 12.3 Å². The molecule has 3 heterocycles. The van der Waals surface area contributed by atoms with Gasteiger partial charge in [0.2, 0.25) is 0 Å². The van der Waals surface area contributed by atoms with Crippen LogP contribution in [0, 0.1) is 6.92 Å². The number of pyridine rings is 2. The van der Waals surface area contributed by atoms with Crippen LogP contribution < -0.4 is 11.1 Å². The van der Waals surface area contributed by atoms with Crippen LogP contribution in [-0.2, 0) is 6.42 Å². The molecule has 0 amide bonds. The van der Waals surface area contributed by atoms with Crippen molar-refractivity contribution in [3.63, 3.8) is 0 Å². The molecule has 0 unspecified atom stereocenters. The van der Waals surface area contributed by atoms with Gasteiger partial charge >= 0.3 is 0 Å². The first kappa shape index (κ1) is 9.39. The van der Waals surface area contributed by atoms with Gasteiger partial charge in [-0.15, -0.1) is 0 Å². The average Bonchev–Trinajstić information content (AvgIpc) is 2.58. The molecule has 0 aliphatic carbocycles. The molecule has 3 rings (SSSR count). The Morgan fingerprint density at radius 3 is 3.06 bits per heavy atom. The fourth-order valence-corrected chi connectivity index (χ4v) is 2.35. The van der Waals surface area contributed by atoms with Gasteiger partial charge in [0.05, 0.1) is 0 Å². The van der Waals surface area contributed by atoms with Crippen LogP contribution in [0.3, 0.4) is 0 Å². The summed E-state index contributed by atoms with van der Waals surface area (Å²) in [4.78, 5) is 8.66. The molecule has 1 aliphatic heterocycles. The van der Waals surface area contributed by atoms with E-state index in [1.165, 1.54) is 10.9 Å². The van der Waals surface area contributed by atoms with E-state index in [1.54, 1.807) is 6.20 Å². The Balaban J connectivity index is 2.37. The second-order valence-corrected chi connectivity index (χ2v) is 4.44. The number of hydrogen-bond acceptors (Lipinski definition) is 4. The number of rotatable bonds is 0. The second-order valence-electron chi connectivity index (χ2n) is 4.44. The van der Waals surface area contributed by atoms with Gasteiger partial charge < -0.3 is 11.1 Å². The van der Waals surface area contributed by atoms with Crippen LogP contribution >= 0.6 is 0 Å². The van der Waals surface area contributed by atoms with E-state index in [2.05, 4.69) is 28.3 Å². The molecule has 0 saturated heterocycles. The third kappa shape index (κ3) is 1.23. The van der Waals surface area contributed by atoms with Crippen molar-refractivity contribution in [2.45, 2.75) is 26.3 Å². The van der Waals surface area contributed by atoms with E-state index in [9.17, 15) is 0 Å². The zero-order valence-corrected chi connectivity index (χ0v) is 9.41. The van der Waals surface area contributed by atoms with Gasteiger partial charge in [-0.1, -0.05) is 0 Å². The highest BCUT2D eigenvalue weighted by molar-refractivity contribution is 5.95. The van der Waals surface area contributed by atoms with Gasteiger partial charge in [-0.2, -0.15) is 0 Å². The van der Waals surface area contributed by atoms with Crippen molar-refractivity contribution in [3.05, 3.63) is 23.5 Å². The van der Waals surface area contributed by atoms with Gasteiger partial charge in [-0.25, -0.2) is 9.97 Å². The Bertz CT molecular complexity index is 577. The van der Waals surface area contributed by atoms with Crippen LogP contribution in [-0.4, -0.2) is 16.0 Å². The molecular formula is C12H14N4. The molecule has 2 aromatic rings. The van der Waals surface area contributed by atoms with E-state index < -0.39 is 0 Å². The summed E-state index contributed by atoms with van der Waals surface area (Å²) in [5.41, 5.74) is 8.14. The number of nitrogen functional groups attached to an aromatic ring is 1. The van der Waals surface area contributed by atoms with Crippen LogP contribution in [0.1, 0.15) is 18.2 Å².